The Bertz CT molecular complexity index is 509. The van der Waals surface area contributed by atoms with Crippen molar-refractivity contribution in [2.24, 2.45) is 0 Å². The SMILES string of the molecule is Cc1ccc(Oc2cc(CO)cc(C)n2)cn1. The summed E-state index contributed by atoms with van der Waals surface area (Å²) in [6, 6.07) is 7.25. The maximum Gasteiger partial charge on any atom is 0.219 e. The molecule has 0 aliphatic rings. The fourth-order valence-corrected chi connectivity index (χ4v) is 1.49. The molecule has 0 bridgehead atoms. The van der Waals surface area contributed by atoms with Crippen LogP contribution in [0.25, 0.3) is 0 Å². The van der Waals surface area contributed by atoms with Gasteiger partial charge < -0.3 is 9.84 Å². The molecule has 0 aliphatic heterocycles. The molecule has 1 N–H and O–H groups in total. The van der Waals surface area contributed by atoms with Crippen LogP contribution in [0.15, 0.2) is 30.5 Å². The van der Waals surface area contributed by atoms with Crippen molar-refractivity contribution in [3.05, 3.63) is 47.4 Å². The van der Waals surface area contributed by atoms with Gasteiger partial charge in [0.2, 0.25) is 5.88 Å². The predicted molar refractivity (Wildman–Crippen MR) is 63.9 cm³/mol. The molecule has 0 atom stereocenters. The topological polar surface area (TPSA) is 55.2 Å². The van der Waals surface area contributed by atoms with Gasteiger partial charge in [-0.1, -0.05) is 0 Å². The van der Waals surface area contributed by atoms with E-state index in [-0.39, 0.29) is 6.61 Å². The third kappa shape index (κ3) is 3.01. The predicted octanol–water partition coefficient (Wildman–Crippen LogP) is 2.38. The summed E-state index contributed by atoms with van der Waals surface area (Å²) in [4.78, 5) is 8.38. The van der Waals surface area contributed by atoms with E-state index in [1.54, 1.807) is 12.3 Å². The zero-order valence-corrected chi connectivity index (χ0v) is 9.84. The molecule has 0 unspecified atom stereocenters. The van der Waals surface area contributed by atoms with Crippen LogP contribution in [0, 0.1) is 13.8 Å². The highest BCUT2D eigenvalue weighted by Gasteiger charge is 2.02. The molecule has 0 fully saturated rings. The molecule has 0 aliphatic carbocycles. The van der Waals surface area contributed by atoms with Crippen LogP contribution in [0.1, 0.15) is 17.0 Å². The van der Waals surface area contributed by atoms with Gasteiger partial charge in [-0.05, 0) is 37.6 Å². The summed E-state index contributed by atoms with van der Waals surface area (Å²) in [6.45, 7) is 3.75. The van der Waals surface area contributed by atoms with Gasteiger partial charge in [0.25, 0.3) is 0 Å². The van der Waals surface area contributed by atoms with Crippen LogP contribution < -0.4 is 4.74 Å². The van der Waals surface area contributed by atoms with Crippen molar-refractivity contribution < 1.29 is 9.84 Å². The molecule has 0 saturated carbocycles. The standard InChI is InChI=1S/C13H14N2O2/c1-9-3-4-12(7-14-9)17-13-6-11(8-16)5-10(2)15-13/h3-7,16H,8H2,1-2H3. The molecule has 17 heavy (non-hydrogen) atoms. The molecular formula is C13H14N2O2. The van der Waals surface area contributed by atoms with E-state index in [1.807, 2.05) is 32.0 Å². The monoisotopic (exact) mass is 230 g/mol. The van der Waals surface area contributed by atoms with E-state index < -0.39 is 0 Å². The largest absolute Gasteiger partial charge is 0.437 e. The van der Waals surface area contributed by atoms with E-state index in [2.05, 4.69) is 9.97 Å². The molecule has 4 nitrogen and oxygen atoms in total. The van der Waals surface area contributed by atoms with Gasteiger partial charge in [-0.3, -0.25) is 4.98 Å². The Hall–Kier alpha value is -1.94. The first-order valence-corrected chi connectivity index (χ1v) is 5.36. The van der Waals surface area contributed by atoms with Crippen LogP contribution in [-0.4, -0.2) is 15.1 Å². The minimum Gasteiger partial charge on any atom is -0.437 e. The minimum atomic E-state index is -0.0220. The third-order valence-electron chi connectivity index (χ3n) is 2.28. The number of aromatic nitrogens is 2. The van der Waals surface area contributed by atoms with E-state index in [9.17, 15) is 0 Å². The van der Waals surface area contributed by atoms with Gasteiger partial charge in [-0.2, -0.15) is 0 Å². The molecule has 0 amide bonds. The van der Waals surface area contributed by atoms with Crippen molar-refractivity contribution in [2.45, 2.75) is 20.5 Å². The molecule has 4 heteroatoms. The highest BCUT2D eigenvalue weighted by atomic mass is 16.5. The second-order valence-corrected chi connectivity index (χ2v) is 3.85. The van der Waals surface area contributed by atoms with Crippen LogP contribution in [0.2, 0.25) is 0 Å². The molecule has 0 aromatic carbocycles. The van der Waals surface area contributed by atoms with E-state index in [1.165, 1.54) is 0 Å². The van der Waals surface area contributed by atoms with Crippen molar-refractivity contribution in [3.63, 3.8) is 0 Å². The Balaban J connectivity index is 2.23. The molecule has 2 aromatic heterocycles. The number of pyridine rings is 2. The maximum atomic E-state index is 9.09. The average Bonchev–Trinajstić information content (AvgIpc) is 2.31. The van der Waals surface area contributed by atoms with Gasteiger partial charge in [0.1, 0.15) is 5.75 Å². The van der Waals surface area contributed by atoms with E-state index in [0.29, 0.717) is 11.6 Å². The van der Waals surface area contributed by atoms with Crippen molar-refractivity contribution in [1.29, 1.82) is 0 Å². The van der Waals surface area contributed by atoms with Crippen molar-refractivity contribution in [2.75, 3.05) is 0 Å². The summed E-state index contributed by atoms with van der Waals surface area (Å²) in [6.07, 6.45) is 1.65. The van der Waals surface area contributed by atoms with Gasteiger partial charge >= 0.3 is 0 Å². The normalized spacial score (nSPS) is 10.3. The lowest BCUT2D eigenvalue weighted by molar-refractivity contribution is 0.281. The lowest BCUT2D eigenvalue weighted by Gasteiger charge is -2.07. The summed E-state index contributed by atoms with van der Waals surface area (Å²) in [7, 11) is 0. The Kier molecular flexibility index (Phi) is 3.35. The number of hydrogen-bond acceptors (Lipinski definition) is 4. The number of aliphatic hydroxyl groups excluding tert-OH is 1. The Morgan fingerprint density at radius 3 is 2.65 bits per heavy atom. The second kappa shape index (κ2) is 4.93. The number of nitrogens with zero attached hydrogens (tertiary/aromatic N) is 2. The number of rotatable bonds is 3. The fourth-order valence-electron chi connectivity index (χ4n) is 1.49. The van der Waals surface area contributed by atoms with Gasteiger partial charge in [0.05, 0.1) is 12.8 Å². The number of hydrogen-bond donors (Lipinski definition) is 1. The van der Waals surface area contributed by atoms with Crippen LogP contribution in [0.3, 0.4) is 0 Å². The Labute approximate surface area is 99.9 Å². The molecule has 0 spiro atoms. The van der Waals surface area contributed by atoms with Gasteiger partial charge in [-0.15, -0.1) is 0 Å². The van der Waals surface area contributed by atoms with Gasteiger partial charge in [-0.25, -0.2) is 4.98 Å². The quantitative estimate of drug-likeness (QED) is 0.879. The van der Waals surface area contributed by atoms with Crippen molar-refractivity contribution in [3.8, 4) is 11.6 Å². The lowest BCUT2D eigenvalue weighted by Crippen LogP contribution is -1.94. The number of aliphatic hydroxyl groups is 1. The first-order valence-electron chi connectivity index (χ1n) is 5.36. The summed E-state index contributed by atoms with van der Waals surface area (Å²) in [5.41, 5.74) is 2.53. The summed E-state index contributed by atoms with van der Waals surface area (Å²) >= 11 is 0. The first-order chi connectivity index (χ1) is 8.17. The highest BCUT2D eigenvalue weighted by molar-refractivity contribution is 5.29. The van der Waals surface area contributed by atoms with Crippen LogP contribution >= 0.6 is 0 Å². The van der Waals surface area contributed by atoms with Gasteiger partial charge in [0, 0.05) is 17.5 Å². The van der Waals surface area contributed by atoms with E-state index >= 15 is 0 Å². The smallest absolute Gasteiger partial charge is 0.219 e. The molecule has 2 rings (SSSR count). The number of aryl methyl sites for hydroxylation is 2. The fraction of sp³-hybridized carbons (Fsp3) is 0.231. The summed E-state index contributed by atoms with van der Waals surface area (Å²) in [5.74, 6) is 1.11. The molecule has 0 radical (unpaired) electrons. The van der Waals surface area contributed by atoms with E-state index in [4.69, 9.17) is 9.84 Å². The molecule has 88 valence electrons. The zero-order chi connectivity index (χ0) is 12.3. The van der Waals surface area contributed by atoms with Gasteiger partial charge in [0.15, 0.2) is 0 Å². The zero-order valence-electron chi connectivity index (χ0n) is 9.84. The van der Waals surface area contributed by atoms with E-state index in [0.717, 1.165) is 17.0 Å². The third-order valence-corrected chi connectivity index (χ3v) is 2.28. The average molecular weight is 230 g/mol. The second-order valence-electron chi connectivity index (χ2n) is 3.85. The lowest BCUT2D eigenvalue weighted by atomic mass is 10.2. The Morgan fingerprint density at radius 2 is 2.00 bits per heavy atom. The van der Waals surface area contributed by atoms with Crippen LogP contribution in [-0.2, 0) is 6.61 Å². The molecule has 2 heterocycles. The Morgan fingerprint density at radius 1 is 1.18 bits per heavy atom. The van der Waals surface area contributed by atoms with Crippen LogP contribution in [0.5, 0.6) is 11.6 Å². The molecule has 0 saturated heterocycles. The van der Waals surface area contributed by atoms with Crippen LogP contribution in [0.4, 0.5) is 0 Å². The summed E-state index contributed by atoms with van der Waals surface area (Å²) in [5, 5.41) is 9.09. The minimum absolute atomic E-state index is 0.0220. The molecular weight excluding hydrogens is 216 g/mol. The van der Waals surface area contributed by atoms with Crippen molar-refractivity contribution in [1.82, 2.24) is 9.97 Å². The first kappa shape index (κ1) is 11.5. The highest BCUT2D eigenvalue weighted by Crippen LogP contribution is 2.20. The molecule has 2 aromatic rings. The van der Waals surface area contributed by atoms with Crippen molar-refractivity contribution >= 4 is 0 Å². The summed E-state index contributed by atoms with van der Waals surface area (Å²) < 4.78 is 5.57. The number of ether oxygens (including phenoxy) is 1. The maximum absolute atomic E-state index is 9.09.